The first-order chi connectivity index (χ1) is 16.5. The Kier molecular flexibility index (Phi) is 7.59. The highest BCUT2D eigenvalue weighted by Crippen LogP contribution is 2.41. The molecule has 1 aliphatic heterocycles. The van der Waals surface area contributed by atoms with Crippen LogP contribution in [0.2, 0.25) is 0 Å². The number of hydrogen-bond donors (Lipinski definition) is 1. The number of fused-ring (bicyclic) bond motifs is 1. The van der Waals surface area contributed by atoms with E-state index in [1.165, 1.54) is 19.2 Å². The number of likely N-dealkylation sites (N-methyl/N-ethyl adjacent to an activating group) is 1. The number of rotatable bonds is 9. The maximum Gasteiger partial charge on any atom is 0.205 e. The third-order valence-electron chi connectivity index (χ3n) is 6.20. The van der Waals surface area contributed by atoms with Crippen LogP contribution in [0.4, 0.5) is 0 Å². The molecule has 8 heteroatoms. The molecule has 0 spiro atoms. The average Bonchev–Trinajstić information content (AvgIpc) is 2.84. The van der Waals surface area contributed by atoms with Crippen LogP contribution in [0.25, 0.3) is 22.3 Å². The van der Waals surface area contributed by atoms with Gasteiger partial charge >= 0.3 is 0 Å². The molecular weight excluding hydrogens is 436 g/mol. The minimum atomic E-state index is -0.360. The first-order valence-electron chi connectivity index (χ1n) is 11.6. The maximum absolute atomic E-state index is 12.8. The molecule has 0 unspecified atom stereocenters. The lowest BCUT2D eigenvalue weighted by Crippen LogP contribution is -2.44. The van der Waals surface area contributed by atoms with Crippen LogP contribution in [0.1, 0.15) is 12.8 Å². The Balaban J connectivity index is 1.51. The number of methoxy groups -OCH3 is 2. The monoisotopic (exact) mass is 468 g/mol. The molecule has 1 N–H and O–H groups in total. The smallest absolute Gasteiger partial charge is 0.205 e. The molecule has 0 atom stereocenters. The molecule has 0 amide bonds. The van der Waals surface area contributed by atoms with E-state index in [0.29, 0.717) is 35.2 Å². The summed E-state index contributed by atoms with van der Waals surface area (Å²) >= 11 is 0. The topological polar surface area (TPSA) is 84.6 Å². The van der Waals surface area contributed by atoms with Gasteiger partial charge in [0.05, 0.1) is 20.8 Å². The number of benzene rings is 2. The standard InChI is InChI=1S/C26H32N2O6/c1-27-11-13-28(14-12-27)10-4-5-15-33-23-17-21(30)24-20(29)16-22(34-26(24)25(23)32-3)18-6-8-19(31-2)9-7-18/h6-9,16-17,30H,4-5,10-15H2,1-3H3. The fourth-order valence-corrected chi connectivity index (χ4v) is 4.16. The van der Waals surface area contributed by atoms with Gasteiger partial charge in [-0.2, -0.15) is 0 Å². The van der Waals surface area contributed by atoms with Crippen LogP contribution >= 0.6 is 0 Å². The number of phenolic OH excluding ortho intramolecular Hbond substituents is 1. The van der Waals surface area contributed by atoms with Crippen LogP contribution in [0.5, 0.6) is 23.0 Å². The predicted molar refractivity (Wildman–Crippen MR) is 131 cm³/mol. The first-order valence-corrected chi connectivity index (χ1v) is 11.6. The molecule has 2 heterocycles. The van der Waals surface area contributed by atoms with Gasteiger partial charge in [0.1, 0.15) is 22.6 Å². The van der Waals surface area contributed by atoms with Crippen LogP contribution in [0.3, 0.4) is 0 Å². The van der Waals surface area contributed by atoms with E-state index in [4.69, 9.17) is 18.6 Å². The quantitative estimate of drug-likeness (QED) is 0.477. The van der Waals surface area contributed by atoms with Crippen molar-refractivity contribution >= 4 is 11.0 Å². The molecule has 1 fully saturated rings. The molecule has 1 saturated heterocycles. The summed E-state index contributed by atoms with van der Waals surface area (Å²) in [4.78, 5) is 17.6. The zero-order valence-corrected chi connectivity index (χ0v) is 20.0. The molecule has 34 heavy (non-hydrogen) atoms. The van der Waals surface area contributed by atoms with Gasteiger partial charge in [-0.05, 0) is 50.7 Å². The molecule has 1 aromatic heterocycles. The minimum Gasteiger partial charge on any atom is -0.507 e. The molecule has 0 bridgehead atoms. The fourth-order valence-electron chi connectivity index (χ4n) is 4.16. The predicted octanol–water partition coefficient (Wildman–Crippen LogP) is 3.59. The second kappa shape index (κ2) is 10.8. The van der Waals surface area contributed by atoms with Crippen molar-refractivity contribution in [3.63, 3.8) is 0 Å². The summed E-state index contributed by atoms with van der Waals surface area (Å²) < 4.78 is 22.7. The van der Waals surface area contributed by atoms with E-state index in [1.54, 1.807) is 31.4 Å². The van der Waals surface area contributed by atoms with Crippen molar-refractivity contribution in [2.75, 3.05) is 60.6 Å². The van der Waals surface area contributed by atoms with E-state index in [1.807, 2.05) is 0 Å². The zero-order valence-electron chi connectivity index (χ0n) is 20.0. The summed E-state index contributed by atoms with van der Waals surface area (Å²) in [6.45, 7) is 5.91. The van der Waals surface area contributed by atoms with Crippen molar-refractivity contribution < 1.29 is 23.7 Å². The van der Waals surface area contributed by atoms with Crippen LogP contribution < -0.4 is 19.6 Å². The van der Waals surface area contributed by atoms with E-state index in [-0.39, 0.29) is 22.1 Å². The van der Waals surface area contributed by atoms with Gasteiger partial charge in [0.2, 0.25) is 5.75 Å². The summed E-state index contributed by atoms with van der Waals surface area (Å²) in [6.07, 6.45) is 1.88. The van der Waals surface area contributed by atoms with Crippen molar-refractivity contribution in [2.24, 2.45) is 0 Å². The molecule has 8 nitrogen and oxygen atoms in total. The molecule has 0 radical (unpaired) electrons. The fraction of sp³-hybridized carbons (Fsp3) is 0.423. The van der Waals surface area contributed by atoms with Gasteiger partial charge < -0.3 is 33.5 Å². The molecule has 0 aliphatic carbocycles. The highest BCUT2D eigenvalue weighted by atomic mass is 16.5. The van der Waals surface area contributed by atoms with Crippen molar-refractivity contribution in [1.29, 1.82) is 0 Å². The summed E-state index contributed by atoms with van der Waals surface area (Å²) in [5.74, 6) is 1.51. The van der Waals surface area contributed by atoms with Crippen molar-refractivity contribution in [2.45, 2.75) is 12.8 Å². The summed E-state index contributed by atoms with van der Waals surface area (Å²) in [5.41, 5.74) is 0.506. The third kappa shape index (κ3) is 5.29. The number of aromatic hydroxyl groups is 1. The normalized spacial score (nSPS) is 14.9. The molecular formula is C26H32N2O6. The van der Waals surface area contributed by atoms with E-state index < -0.39 is 0 Å². The number of hydrogen-bond acceptors (Lipinski definition) is 8. The molecule has 1 aliphatic rings. The molecule has 2 aromatic carbocycles. The van der Waals surface area contributed by atoms with Crippen molar-refractivity contribution in [3.8, 4) is 34.3 Å². The van der Waals surface area contributed by atoms with Gasteiger partial charge in [0.15, 0.2) is 16.8 Å². The Morgan fingerprint density at radius 3 is 2.41 bits per heavy atom. The Hall–Kier alpha value is -3.23. The minimum absolute atomic E-state index is 0.0662. The van der Waals surface area contributed by atoms with Gasteiger partial charge in [-0.25, -0.2) is 0 Å². The molecule has 4 rings (SSSR count). The van der Waals surface area contributed by atoms with E-state index >= 15 is 0 Å². The highest BCUT2D eigenvalue weighted by Gasteiger charge is 2.20. The molecule has 3 aromatic rings. The van der Waals surface area contributed by atoms with E-state index in [0.717, 1.165) is 45.6 Å². The maximum atomic E-state index is 12.8. The molecule has 182 valence electrons. The number of unbranched alkanes of at least 4 members (excludes halogenated alkanes) is 1. The lowest BCUT2D eigenvalue weighted by Gasteiger charge is -2.32. The van der Waals surface area contributed by atoms with Crippen LogP contribution in [0, 0.1) is 0 Å². The summed E-state index contributed by atoms with van der Waals surface area (Å²) in [6, 6.07) is 9.96. The van der Waals surface area contributed by atoms with Gasteiger partial charge in [0.25, 0.3) is 0 Å². The SMILES string of the molecule is COc1ccc(-c2cc(=O)c3c(O)cc(OCCCCN4CCN(C)CC4)c(OC)c3o2)cc1. The van der Waals surface area contributed by atoms with Gasteiger partial charge in [-0.3, -0.25) is 4.79 Å². The second-order valence-electron chi connectivity index (χ2n) is 8.54. The van der Waals surface area contributed by atoms with Crippen LogP contribution in [0.15, 0.2) is 45.6 Å². The third-order valence-corrected chi connectivity index (χ3v) is 6.20. The Morgan fingerprint density at radius 1 is 1.00 bits per heavy atom. The van der Waals surface area contributed by atoms with Gasteiger partial charge in [-0.15, -0.1) is 0 Å². The van der Waals surface area contributed by atoms with Gasteiger partial charge in [0, 0.05) is 43.9 Å². The Labute approximate surface area is 199 Å². The largest absolute Gasteiger partial charge is 0.507 e. The summed E-state index contributed by atoms with van der Waals surface area (Å²) in [7, 11) is 5.23. The number of nitrogens with zero attached hydrogens (tertiary/aromatic N) is 2. The first kappa shape index (κ1) is 23.9. The zero-order chi connectivity index (χ0) is 24.1. The lowest BCUT2D eigenvalue weighted by atomic mass is 10.1. The van der Waals surface area contributed by atoms with Crippen LogP contribution in [-0.2, 0) is 0 Å². The van der Waals surface area contributed by atoms with E-state index in [2.05, 4.69) is 16.8 Å². The van der Waals surface area contributed by atoms with E-state index in [9.17, 15) is 9.90 Å². The lowest BCUT2D eigenvalue weighted by molar-refractivity contribution is 0.149. The number of ether oxygens (including phenoxy) is 3. The second-order valence-corrected chi connectivity index (χ2v) is 8.54. The number of piperazine rings is 1. The number of phenols is 1. The van der Waals surface area contributed by atoms with Crippen LogP contribution in [-0.4, -0.2) is 75.5 Å². The Morgan fingerprint density at radius 2 is 1.74 bits per heavy atom. The highest BCUT2D eigenvalue weighted by molar-refractivity contribution is 5.91. The summed E-state index contributed by atoms with van der Waals surface area (Å²) in [5, 5.41) is 10.6. The van der Waals surface area contributed by atoms with Crippen molar-refractivity contribution in [1.82, 2.24) is 9.80 Å². The molecule has 0 saturated carbocycles. The van der Waals surface area contributed by atoms with Gasteiger partial charge in [-0.1, -0.05) is 0 Å². The average molecular weight is 469 g/mol. The Bertz CT molecular complexity index is 1170. The van der Waals surface area contributed by atoms with Crippen molar-refractivity contribution in [3.05, 3.63) is 46.6 Å².